The fourth-order valence-corrected chi connectivity index (χ4v) is 3.59. The van der Waals surface area contributed by atoms with Crippen LogP contribution in [0, 0.1) is 20.2 Å². The molecule has 0 amide bonds. The van der Waals surface area contributed by atoms with Gasteiger partial charge >= 0.3 is 26.2 Å². The zero-order valence-electron chi connectivity index (χ0n) is 21.3. The van der Waals surface area contributed by atoms with Gasteiger partial charge in [0.25, 0.3) is 11.4 Å². The summed E-state index contributed by atoms with van der Waals surface area (Å²) in [5.74, 6) is -2.10. The van der Waals surface area contributed by atoms with E-state index in [2.05, 4.69) is 0 Å². The van der Waals surface area contributed by atoms with E-state index >= 15 is 0 Å². The molecule has 0 aliphatic rings. The van der Waals surface area contributed by atoms with Crippen LogP contribution in [0.15, 0.2) is 54.6 Å². The number of nitrogens with zero attached hydrogens (tertiary/aromatic N) is 2. The van der Waals surface area contributed by atoms with E-state index in [0.29, 0.717) is 5.56 Å². The maximum Gasteiger partial charge on any atom is 0.488 e. The van der Waals surface area contributed by atoms with Crippen LogP contribution in [0.4, 0.5) is 11.4 Å². The van der Waals surface area contributed by atoms with E-state index in [4.69, 9.17) is 9.47 Å². The Morgan fingerprint density at radius 3 is 1.57 bits per heavy atom. The molecule has 3 rings (SSSR count). The third kappa shape index (κ3) is 7.06. The zero-order valence-corrected chi connectivity index (χ0v) is 21.3. The zero-order chi connectivity index (χ0) is 29.9. The molecular weight excluding hydrogens is 530 g/mol. The molecule has 0 heterocycles. The van der Waals surface area contributed by atoms with Crippen LogP contribution in [0.5, 0.6) is 11.5 Å². The third-order valence-corrected chi connectivity index (χ3v) is 5.54. The van der Waals surface area contributed by atoms with Crippen molar-refractivity contribution in [3.63, 3.8) is 0 Å². The normalized spacial score (nSPS) is 11.0. The van der Waals surface area contributed by atoms with Crippen LogP contribution in [0.1, 0.15) is 47.1 Å². The van der Waals surface area contributed by atoms with Crippen LogP contribution < -0.4 is 20.4 Å². The summed E-state index contributed by atoms with van der Waals surface area (Å²) < 4.78 is 10.8. The second-order valence-electron chi connectivity index (χ2n) is 9.58. The Morgan fingerprint density at radius 1 is 0.725 bits per heavy atom. The smallest absolute Gasteiger partial charge is 0.423 e. The fraction of sp³-hybridized carbons (Fsp3) is 0.167. The predicted octanol–water partition coefficient (Wildman–Crippen LogP) is 0.598. The average Bonchev–Trinajstić information content (AvgIpc) is 2.88. The van der Waals surface area contributed by atoms with Gasteiger partial charge in [-0.05, 0) is 46.7 Å². The van der Waals surface area contributed by atoms with Gasteiger partial charge in [0.2, 0.25) is 0 Å². The number of hydrogen-bond donors (Lipinski definition) is 4. The topological polar surface area (TPSA) is 220 Å². The summed E-state index contributed by atoms with van der Waals surface area (Å²) in [4.78, 5) is 46.4. The lowest BCUT2D eigenvalue weighted by molar-refractivity contribution is -0.385. The van der Waals surface area contributed by atoms with Crippen molar-refractivity contribution in [2.75, 3.05) is 0 Å². The van der Waals surface area contributed by atoms with Crippen molar-refractivity contribution >= 4 is 48.5 Å². The summed E-state index contributed by atoms with van der Waals surface area (Å²) in [7, 11) is -4.15. The molecule has 0 atom stereocenters. The molecule has 16 heteroatoms. The van der Waals surface area contributed by atoms with Gasteiger partial charge < -0.3 is 29.6 Å². The molecule has 0 aliphatic heterocycles. The van der Waals surface area contributed by atoms with Crippen molar-refractivity contribution in [1.29, 1.82) is 0 Å². The van der Waals surface area contributed by atoms with Gasteiger partial charge in [-0.15, -0.1) is 0 Å². The minimum Gasteiger partial charge on any atom is -0.423 e. The maximum atomic E-state index is 12.9. The van der Waals surface area contributed by atoms with Crippen molar-refractivity contribution in [1.82, 2.24) is 0 Å². The number of rotatable bonds is 8. The summed E-state index contributed by atoms with van der Waals surface area (Å²) in [5, 5.41) is 60.1. The number of hydrogen-bond acceptors (Lipinski definition) is 12. The van der Waals surface area contributed by atoms with Crippen molar-refractivity contribution in [3.05, 3.63) is 91.5 Å². The molecule has 0 bridgehead atoms. The Kier molecular flexibility index (Phi) is 8.70. The largest absolute Gasteiger partial charge is 0.488 e. The molecule has 0 unspecified atom stereocenters. The van der Waals surface area contributed by atoms with E-state index in [1.165, 1.54) is 18.2 Å². The lowest BCUT2D eigenvalue weighted by atomic mass is 9.79. The molecule has 0 aliphatic carbocycles. The van der Waals surface area contributed by atoms with Crippen LogP contribution in [0.3, 0.4) is 0 Å². The molecule has 0 aromatic heterocycles. The van der Waals surface area contributed by atoms with Crippen LogP contribution in [-0.4, -0.2) is 56.1 Å². The number of carbonyl (C=O) groups excluding carboxylic acids is 2. The van der Waals surface area contributed by atoms with Crippen LogP contribution >= 0.6 is 0 Å². The summed E-state index contributed by atoms with van der Waals surface area (Å²) in [6.07, 6.45) is 0. The highest BCUT2D eigenvalue weighted by Gasteiger charge is 2.26. The van der Waals surface area contributed by atoms with E-state index in [1.54, 1.807) is 20.8 Å². The highest BCUT2D eigenvalue weighted by molar-refractivity contribution is 6.59. The quantitative estimate of drug-likeness (QED) is 0.0993. The van der Waals surface area contributed by atoms with E-state index < -0.39 is 52.8 Å². The SMILES string of the molecule is CC(C)(C)c1cc(OC(=O)c2cc(B(O)O)cc([N+](=O)[O-])c2)ccc1OC(=O)c1cc(B(O)O)cc([N+](=O)[O-])c1. The minimum atomic E-state index is -2.08. The number of ether oxygens (including phenoxy) is 2. The molecule has 14 nitrogen and oxygen atoms in total. The van der Waals surface area contributed by atoms with Crippen molar-refractivity contribution < 1.29 is 49.0 Å². The summed E-state index contributed by atoms with van der Waals surface area (Å²) in [5.41, 5.74) is -2.69. The highest BCUT2D eigenvalue weighted by Crippen LogP contribution is 2.35. The molecule has 0 fully saturated rings. The lowest BCUT2D eigenvalue weighted by Crippen LogP contribution is -2.31. The fourth-order valence-electron chi connectivity index (χ4n) is 3.59. The number of esters is 2. The molecular formula is C24H22B2N2O12. The Morgan fingerprint density at radius 2 is 1.18 bits per heavy atom. The number of carbonyl (C=O) groups is 2. The molecule has 0 saturated carbocycles. The van der Waals surface area contributed by atoms with Gasteiger partial charge in [0.05, 0.1) is 21.0 Å². The molecule has 40 heavy (non-hydrogen) atoms. The third-order valence-electron chi connectivity index (χ3n) is 5.54. The summed E-state index contributed by atoms with van der Waals surface area (Å²) in [6.45, 7) is 5.27. The molecule has 4 N–H and O–H groups in total. The van der Waals surface area contributed by atoms with Crippen molar-refractivity contribution in [2.24, 2.45) is 0 Å². The number of nitro groups is 2. The summed E-state index contributed by atoms with van der Waals surface area (Å²) >= 11 is 0. The van der Waals surface area contributed by atoms with Gasteiger partial charge in [-0.2, -0.15) is 0 Å². The van der Waals surface area contributed by atoms with Gasteiger partial charge in [0.15, 0.2) is 0 Å². The van der Waals surface area contributed by atoms with Gasteiger partial charge in [0, 0.05) is 29.8 Å². The van der Waals surface area contributed by atoms with Crippen LogP contribution in [0.25, 0.3) is 0 Å². The van der Waals surface area contributed by atoms with E-state index in [-0.39, 0.29) is 33.6 Å². The number of nitro benzene ring substituents is 2. The Labute approximate surface area is 227 Å². The molecule has 3 aromatic rings. The first-order valence-corrected chi connectivity index (χ1v) is 11.5. The maximum absolute atomic E-state index is 12.9. The van der Waals surface area contributed by atoms with E-state index in [1.807, 2.05) is 0 Å². The van der Waals surface area contributed by atoms with Gasteiger partial charge in [0.1, 0.15) is 11.5 Å². The standard InChI is InChI=1S/C24H22B2N2O12/c1-24(2,3)20-12-19(39-22(29)13-6-15(25(31)32)10-17(8-13)27(35)36)4-5-21(20)40-23(30)14-7-16(26(33)34)11-18(9-14)28(37)38/h4-12,31-34H,1-3H3. The first-order valence-electron chi connectivity index (χ1n) is 11.5. The lowest BCUT2D eigenvalue weighted by Gasteiger charge is -2.23. The summed E-state index contributed by atoms with van der Waals surface area (Å²) in [6, 6.07) is 9.63. The van der Waals surface area contributed by atoms with Crippen molar-refractivity contribution in [2.45, 2.75) is 26.2 Å². The number of benzene rings is 3. The monoisotopic (exact) mass is 552 g/mol. The Hall–Kier alpha value is -4.63. The molecule has 0 spiro atoms. The average molecular weight is 552 g/mol. The first-order chi connectivity index (χ1) is 18.6. The Balaban J connectivity index is 1.94. The van der Waals surface area contributed by atoms with Crippen LogP contribution in [0.2, 0.25) is 0 Å². The molecule has 206 valence electrons. The van der Waals surface area contributed by atoms with Gasteiger partial charge in [-0.1, -0.05) is 20.8 Å². The second kappa shape index (κ2) is 11.6. The van der Waals surface area contributed by atoms with Gasteiger partial charge in [-0.25, -0.2) is 9.59 Å². The first kappa shape index (κ1) is 29.9. The second-order valence-corrected chi connectivity index (χ2v) is 9.58. The minimum absolute atomic E-state index is 0.0101. The Bertz CT molecular complexity index is 1500. The molecule has 0 radical (unpaired) electrons. The van der Waals surface area contributed by atoms with E-state index in [9.17, 15) is 49.9 Å². The molecule has 3 aromatic carbocycles. The van der Waals surface area contributed by atoms with Crippen molar-refractivity contribution in [3.8, 4) is 11.5 Å². The predicted molar refractivity (Wildman–Crippen MR) is 141 cm³/mol. The molecule has 0 saturated heterocycles. The number of non-ortho nitro benzene ring substituents is 2. The van der Waals surface area contributed by atoms with Crippen LogP contribution in [-0.2, 0) is 5.41 Å². The van der Waals surface area contributed by atoms with E-state index in [0.717, 1.165) is 36.4 Å². The van der Waals surface area contributed by atoms with Gasteiger partial charge in [-0.3, -0.25) is 20.2 Å². The highest BCUT2D eigenvalue weighted by atomic mass is 16.6.